The van der Waals surface area contributed by atoms with E-state index in [0.717, 1.165) is 4.60 Å². The topological polar surface area (TPSA) is 17.8 Å². The Morgan fingerprint density at radius 2 is 2.58 bits per heavy atom. The number of nitrogens with zero attached hydrogens (tertiary/aromatic N) is 2. The van der Waals surface area contributed by atoms with Gasteiger partial charge in [0, 0.05) is 11.8 Å². The summed E-state index contributed by atoms with van der Waals surface area (Å²) in [5.41, 5.74) is 0. The van der Waals surface area contributed by atoms with Crippen molar-refractivity contribution in [2.45, 2.75) is 18.9 Å². The van der Waals surface area contributed by atoms with Crippen LogP contribution in [0.5, 0.6) is 0 Å². The van der Waals surface area contributed by atoms with Crippen molar-refractivity contribution in [3.05, 3.63) is 17.1 Å². The standard InChI is InChI=1S/C8H11BrN2S/c9-8-4-10-6-11(8)7-2-1-3-12-5-7/h4,6-7H,1-3,5H2. The van der Waals surface area contributed by atoms with Gasteiger partial charge in [0.05, 0.1) is 12.5 Å². The van der Waals surface area contributed by atoms with E-state index < -0.39 is 0 Å². The zero-order valence-electron chi connectivity index (χ0n) is 6.74. The molecule has 4 heteroatoms. The lowest BCUT2D eigenvalue weighted by Gasteiger charge is -2.23. The molecule has 0 spiro atoms. The molecule has 1 fully saturated rings. The number of hydrogen-bond acceptors (Lipinski definition) is 2. The molecule has 1 aromatic heterocycles. The smallest absolute Gasteiger partial charge is 0.105 e. The van der Waals surface area contributed by atoms with Crippen molar-refractivity contribution in [1.82, 2.24) is 9.55 Å². The number of halogens is 1. The summed E-state index contributed by atoms with van der Waals surface area (Å²) in [5, 5.41) is 0. The predicted molar refractivity (Wildman–Crippen MR) is 55.5 cm³/mol. The van der Waals surface area contributed by atoms with Gasteiger partial charge in [-0.1, -0.05) is 0 Å². The van der Waals surface area contributed by atoms with Gasteiger partial charge in [-0.25, -0.2) is 4.98 Å². The van der Waals surface area contributed by atoms with Gasteiger partial charge in [-0.05, 0) is 34.5 Å². The Morgan fingerprint density at radius 1 is 1.67 bits per heavy atom. The van der Waals surface area contributed by atoms with Crippen LogP contribution in [0.15, 0.2) is 17.1 Å². The molecule has 2 heterocycles. The van der Waals surface area contributed by atoms with E-state index in [1.54, 1.807) is 0 Å². The SMILES string of the molecule is Brc1cncn1C1CCCSC1. The van der Waals surface area contributed by atoms with E-state index >= 15 is 0 Å². The minimum Gasteiger partial charge on any atom is -0.321 e. The molecular weight excluding hydrogens is 236 g/mol. The van der Waals surface area contributed by atoms with Crippen LogP contribution in [0.3, 0.4) is 0 Å². The van der Waals surface area contributed by atoms with Crippen molar-refractivity contribution in [2.75, 3.05) is 11.5 Å². The van der Waals surface area contributed by atoms with Crippen LogP contribution in [0.4, 0.5) is 0 Å². The molecule has 0 aliphatic carbocycles. The van der Waals surface area contributed by atoms with Crippen LogP contribution in [-0.2, 0) is 0 Å². The van der Waals surface area contributed by atoms with Crippen LogP contribution in [0.2, 0.25) is 0 Å². The summed E-state index contributed by atoms with van der Waals surface area (Å²) in [6.45, 7) is 0. The maximum Gasteiger partial charge on any atom is 0.105 e. The van der Waals surface area contributed by atoms with Gasteiger partial charge in [-0.2, -0.15) is 11.8 Å². The fourth-order valence-electron chi connectivity index (χ4n) is 1.50. The largest absolute Gasteiger partial charge is 0.321 e. The molecular formula is C8H11BrN2S. The molecule has 1 saturated heterocycles. The summed E-state index contributed by atoms with van der Waals surface area (Å²) in [6.07, 6.45) is 6.40. The fourth-order valence-corrected chi connectivity index (χ4v) is 3.14. The summed E-state index contributed by atoms with van der Waals surface area (Å²) in [7, 11) is 0. The first kappa shape index (κ1) is 8.63. The zero-order valence-corrected chi connectivity index (χ0v) is 9.14. The lowest BCUT2D eigenvalue weighted by Crippen LogP contribution is -2.15. The second-order valence-electron chi connectivity index (χ2n) is 2.99. The number of aromatic nitrogens is 2. The van der Waals surface area contributed by atoms with Gasteiger partial charge in [0.15, 0.2) is 0 Å². The molecule has 66 valence electrons. The van der Waals surface area contributed by atoms with Gasteiger partial charge in [-0.15, -0.1) is 0 Å². The van der Waals surface area contributed by atoms with Crippen molar-refractivity contribution in [3.63, 3.8) is 0 Å². The van der Waals surface area contributed by atoms with E-state index in [1.165, 1.54) is 24.3 Å². The first-order chi connectivity index (χ1) is 5.88. The van der Waals surface area contributed by atoms with Crippen molar-refractivity contribution >= 4 is 27.7 Å². The van der Waals surface area contributed by atoms with Crippen LogP contribution >= 0.6 is 27.7 Å². The van der Waals surface area contributed by atoms with Crippen LogP contribution in [-0.4, -0.2) is 21.1 Å². The van der Waals surface area contributed by atoms with Crippen LogP contribution in [0.1, 0.15) is 18.9 Å². The molecule has 0 N–H and O–H groups in total. The monoisotopic (exact) mass is 246 g/mol. The summed E-state index contributed by atoms with van der Waals surface area (Å²) in [4.78, 5) is 4.10. The Hall–Kier alpha value is 0.0400. The molecule has 12 heavy (non-hydrogen) atoms. The molecule has 2 nitrogen and oxygen atoms in total. The Morgan fingerprint density at radius 3 is 3.17 bits per heavy atom. The van der Waals surface area contributed by atoms with Gasteiger partial charge in [0.25, 0.3) is 0 Å². The average molecular weight is 247 g/mol. The van der Waals surface area contributed by atoms with Crippen molar-refractivity contribution < 1.29 is 0 Å². The second kappa shape index (κ2) is 3.83. The van der Waals surface area contributed by atoms with Crippen molar-refractivity contribution in [2.24, 2.45) is 0 Å². The van der Waals surface area contributed by atoms with Gasteiger partial charge < -0.3 is 4.57 Å². The highest BCUT2D eigenvalue weighted by Crippen LogP contribution is 2.28. The van der Waals surface area contributed by atoms with Gasteiger partial charge in [0.1, 0.15) is 4.60 Å². The Labute approximate surface area is 84.9 Å². The van der Waals surface area contributed by atoms with Gasteiger partial charge in [0.2, 0.25) is 0 Å². The van der Waals surface area contributed by atoms with E-state index in [0.29, 0.717) is 6.04 Å². The predicted octanol–water partition coefficient (Wildman–Crippen LogP) is 2.71. The molecule has 0 bridgehead atoms. The molecule has 1 aliphatic heterocycles. The third kappa shape index (κ3) is 1.69. The normalized spacial score (nSPS) is 24.2. The number of rotatable bonds is 1. The molecule has 0 saturated carbocycles. The minimum absolute atomic E-state index is 0.653. The molecule has 1 aliphatic rings. The van der Waals surface area contributed by atoms with Crippen LogP contribution in [0.25, 0.3) is 0 Å². The van der Waals surface area contributed by atoms with Crippen molar-refractivity contribution in [1.29, 1.82) is 0 Å². The lowest BCUT2D eigenvalue weighted by molar-refractivity contribution is 0.492. The van der Waals surface area contributed by atoms with E-state index in [-0.39, 0.29) is 0 Å². The number of thioether (sulfide) groups is 1. The average Bonchev–Trinajstić information content (AvgIpc) is 2.53. The summed E-state index contributed by atoms with van der Waals surface area (Å²) in [6, 6.07) is 0.653. The van der Waals surface area contributed by atoms with Crippen LogP contribution in [0, 0.1) is 0 Å². The van der Waals surface area contributed by atoms with E-state index in [9.17, 15) is 0 Å². The van der Waals surface area contributed by atoms with E-state index in [2.05, 4.69) is 25.5 Å². The highest BCUT2D eigenvalue weighted by Gasteiger charge is 2.16. The lowest BCUT2D eigenvalue weighted by atomic mass is 10.2. The highest BCUT2D eigenvalue weighted by molar-refractivity contribution is 9.10. The maximum atomic E-state index is 4.10. The number of hydrogen-bond donors (Lipinski definition) is 0. The summed E-state index contributed by atoms with van der Waals surface area (Å²) < 4.78 is 3.33. The first-order valence-electron chi connectivity index (χ1n) is 4.13. The second-order valence-corrected chi connectivity index (χ2v) is 4.96. The minimum atomic E-state index is 0.653. The third-order valence-electron chi connectivity index (χ3n) is 2.15. The molecule has 0 radical (unpaired) electrons. The summed E-state index contributed by atoms with van der Waals surface area (Å²) >= 11 is 5.53. The molecule has 1 atom stereocenters. The summed E-state index contributed by atoms with van der Waals surface area (Å²) in [5.74, 6) is 2.55. The quantitative estimate of drug-likeness (QED) is 0.759. The molecule has 0 aromatic carbocycles. The van der Waals surface area contributed by atoms with Crippen LogP contribution < -0.4 is 0 Å². The first-order valence-corrected chi connectivity index (χ1v) is 6.08. The third-order valence-corrected chi connectivity index (χ3v) is 3.96. The van der Waals surface area contributed by atoms with Gasteiger partial charge >= 0.3 is 0 Å². The zero-order chi connectivity index (χ0) is 8.39. The maximum absolute atomic E-state index is 4.10. The Kier molecular flexibility index (Phi) is 2.76. The Balaban J connectivity index is 2.13. The fraction of sp³-hybridized carbons (Fsp3) is 0.625. The Bertz CT molecular complexity index is 255. The van der Waals surface area contributed by atoms with Crippen molar-refractivity contribution in [3.8, 4) is 0 Å². The number of imidazole rings is 1. The highest BCUT2D eigenvalue weighted by atomic mass is 79.9. The molecule has 0 amide bonds. The van der Waals surface area contributed by atoms with E-state index in [4.69, 9.17) is 0 Å². The molecule has 1 aromatic rings. The molecule has 2 rings (SSSR count). The van der Waals surface area contributed by atoms with Gasteiger partial charge in [-0.3, -0.25) is 0 Å². The molecule has 1 unspecified atom stereocenters. The van der Waals surface area contributed by atoms with E-state index in [1.807, 2.05) is 24.3 Å².